The van der Waals surface area contributed by atoms with Gasteiger partial charge in [0.25, 0.3) is 11.8 Å². The standard InChI is InChI=1S/C28H37N7O4/c1-16-19(29)15-18(27(37)32-7-11-34(3,4)12-8-32)22-25(16)39-26-17(2)24(36)21(30)20(23(26)31-22)28(38)33-9-13-35(5,6)14-10-33/h15H,7-14H2,1-6H3,(H2-2,29,30,31,36,37,38)/p+2. The third-order valence-electron chi connectivity index (χ3n) is 8.54. The van der Waals surface area contributed by atoms with Gasteiger partial charge in [0.05, 0.1) is 97.4 Å². The highest BCUT2D eigenvalue weighted by atomic mass is 16.3. The lowest BCUT2D eigenvalue weighted by atomic mass is 9.98. The maximum atomic E-state index is 13.8. The number of piperazine rings is 2. The van der Waals surface area contributed by atoms with Crippen molar-refractivity contribution in [2.45, 2.75) is 13.8 Å². The van der Waals surface area contributed by atoms with E-state index in [2.05, 4.69) is 28.2 Å². The topological polar surface area (TPSA) is 136 Å². The van der Waals surface area contributed by atoms with E-state index in [1.54, 1.807) is 29.7 Å². The molecule has 39 heavy (non-hydrogen) atoms. The van der Waals surface area contributed by atoms with E-state index in [1.807, 2.05) is 0 Å². The number of carbonyl (C=O) groups excluding carboxylic acids is 2. The summed E-state index contributed by atoms with van der Waals surface area (Å²) in [5.74, 6) is -0.364. The fraction of sp³-hybridized carbons (Fsp3) is 0.500. The first kappa shape index (κ1) is 26.9. The van der Waals surface area contributed by atoms with Crippen molar-refractivity contribution in [2.24, 2.45) is 0 Å². The summed E-state index contributed by atoms with van der Waals surface area (Å²) in [6.07, 6.45) is 0. The maximum absolute atomic E-state index is 13.8. The van der Waals surface area contributed by atoms with Gasteiger partial charge in [-0.2, -0.15) is 0 Å². The molecule has 0 aromatic heterocycles. The van der Waals surface area contributed by atoms with Gasteiger partial charge in [0.1, 0.15) is 11.2 Å². The first-order valence-corrected chi connectivity index (χ1v) is 13.4. The third-order valence-corrected chi connectivity index (χ3v) is 8.54. The molecule has 3 heterocycles. The highest BCUT2D eigenvalue weighted by Crippen LogP contribution is 2.37. The quantitative estimate of drug-likeness (QED) is 0.284. The van der Waals surface area contributed by atoms with Crippen molar-refractivity contribution in [3.63, 3.8) is 0 Å². The van der Waals surface area contributed by atoms with E-state index in [0.29, 0.717) is 54.1 Å². The van der Waals surface area contributed by atoms with Gasteiger partial charge in [0, 0.05) is 16.8 Å². The molecule has 0 saturated carbocycles. The number of amides is 2. The highest BCUT2D eigenvalue weighted by Gasteiger charge is 2.35. The van der Waals surface area contributed by atoms with Crippen LogP contribution in [0.5, 0.6) is 0 Å². The Labute approximate surface area is 228 Å². The monoisotopic (exact) mass is 537 g/mol. The van der Waals surface area contributed by atoms with Gasteiger partial charge in [-0.15, -0.1) is 0 Å². The molecule has 0 spiro atoms. The molecular weight excluding hydrogens is 498 g/mol. The number of anilines is 2. The summed E-state index contributed by atoms with van der Waals surface area (Å²) in [5.41, 5.74) is 14.4. The van der Waals surface area contributed by atoms with Gasteiger partial charge in [0.2, 0.25) is 5.43 Å². The Morgan fingerprint density at radius 1 is 0.872 bits per heavy atom. The van der Waals surface area contributed by atoms with Crippen LogP contribution in [0.1, 0.15) is 31.8 Å². The first-order chi connectivity index (χ1) is 18.2. The largest absolute Gasteiger partial charge is 0.452 e. The predicted molar refractivity (Wildman–Crippen MR) is 151 cm³/mol. The minimum Gasteiger partial charge on any atom is -0.452 e. The van der Waals surface area contributed by atoms with E-state index in [9.17, 15) is 14.4 Å². The van der Waals surface area contributed by atoms with E-state index in [0.717, 1.165) is 35.1 Å². The molecule has 3 aliphatic heterocycles. The van der Waals surface area contributed by atoms with E-state index in [1.165, 1.54) is 0 Å². The number of benzene rings is 2. The molecule has 0 atom stereocenters. The lowest BCUT2D eigenvalue weighted by Gasteiger charge is -2.39. The van der Waals surface area contributed by atoms with Gasteiger partial charge in [0.15, 0.2) is 11.3 Å². The number of hydrogen-bond donors (Lipinski definition) is 2. The average molecular weight is 538 g/mol. The highest BCUT2D eigenvalue weighted by molar-refractivity contribution is 6.09. The van der Waals surface area contributed by atoms with Crippen LogP contribution in [0.3, 0.4) is 0 Å². The molecule has 2 fully saturated rings. The number of likely N-dealkylation sites (N-methyl/N-ethyl adjacent to an activating group) is 2. The second kappa shape index (κ2) is 9.20. The minimum absolute atomic E-state index is 0.0309. The van der Waals surface area contributed by atoms with Crippen LogP contribution < -0.4 is 16.9 Å². The number of rotatable bonds is 2. The zero-order valence-electron chi connectivity index (χ0n) is 23.8. The number of nitrogen functional groups attached to an aromatic ring is 2. The zero-order chi connectivity index (χ0) is 28.4. The fourth-order valence-electron chi connectivity index (χ4n) is 5.41. The van der Waals surface area contributed by atoms with Crippen LogP contribution in [0.15, 0.2) is 15.3 Å². The van der Waals surface area contributed by atoms with E-state index < -0.39 is 5.43 Å². The van der Waals surface area contributed by atoms with Crippen molar-refractivity contribution in [1.82, 2.24) is 14.8 Å². The second-order valence-electron chi connectivity index (χ2n) is 12.3. The Bertz CT molecular complexity index is 1520. The SMILES string of the molecule is Cc1c2oc3c(C)c(N)cc(C(=O)N4CC[N+](C)(C)CC4)c3nc-2c(C(=O)N2CC[N+](C)(C)CC2)c(N)c1=O. The van der Waals surface area contributed by atoms with Crippen LogP contribution >= 0.6 is 0 Å². The number of nitrogens with two attached hydrogens (primary N) is 2. The van der Waals surface area contributed by atoms with Crippen LogP contribution in [0, 0.1) is 13.8 Å². The van der Waals surface area contributed by atoms with Gasteiger partial charge >= 0.3 is 0 Å². The normalized spacial score (nSPS) is 19.0. The summed E-state index contributed by atoms with van der Waals surface area (Å²) in [5, 5.41) is 0. The number of aryl methyl sites for hydroxylation is 1. The minimum atomic E-state index is -0.462. The molecule has 11 nitrogen and oxygen atoms in total. The molecule has 0 unspecified atom stereocenters. The lowest BCUT2D eigenvalue weighted by Crippen LogP contribution is -2.56. The molecule has 1 aromatic rings. The second-order valence-corrected chi connectivity index (χ2v) is 12.3. The molecule has 4 N–H and O–H groups in total. The number of hydrogen-bond acceptors (Lipinski definition) is 7. The van der Waals surface area contributed by atoms with Crippen molar-refractivity contribution < 1.29 is 23.0 Å². The molecule has 2 amide bonds. The number of nitrogens with zero attached hydrogens (tertiary/aromatic N) is 5. The first-order valence-electron chi connectivity index (χ1n) is 13.4. The van der Waals surface area contributed by atoms with E-state index in [-0.39, 0.29) is 40.1 Å². The Morgan fingerprint density at radius 2 is 1.38 bits per heavy atom. The summed E-state index contributed by atoms with van der Waals surface area (Å²) < 4.78 is 7.94. The van der Waals surface area contributed by atoms with Gasteiger partial charge in [-0.25, -0.2) is 4.98 Å². The van der Waals surface area contributed by atoms with Gasteiger partial charge in [-0.3, -0.25) is 14.4 Å². The number of carbonyl (C=O) groups is 2. The molecule has 11 heteroatoms. The van der Waals surface area contributed by atoms with E-state index in [4.69, 9.17) is 20.9 Å². The van der Waals surface area contributed by atoms with Crippen molar-refractivity contribution in [3.05, 3.63) is 38.5 Å². The van der Waals surface area contributed by atoms with Crippen molar-refractivity contribution in [1.29, 1.82) is 0 Å². The van der Waals surface area contributed by atoms with Crippen LogP contribution in [-0.4, -0.2) is 116 Å². The molecule has 208 valence electrons. The molecule has 0 bridgehead atoms. The molecule has 1 aromatic carbocycles. The molecule has 0 radical (unpaired) electrons. The van der Waals surface area contributed by atoms with Gasteiger partial charge in [-0.1, -0.05) is 0 Å². The average Bonchev–Trinajstić information content (AvgIpc) is 2.88. The summed E-state index contributed by atoms with van der Waals surface area (Å²) >= 11 is 0. The molecule has 2 saturated heterocycles. The predicted octanol–water partition coefficient (Wildman–Crippen LogP) is 1.14. The number of quaternary nitrogens is 2. The summed E-state index contributed by atoms with van der Waals surface area (Å²) in [4.78, 5) is 49.1. The van der Waals surface area contributed by atoms with Crippen molar-refractivity contribution in [3.8, 4) is 11.5 Å². The fourth-order valence-corrected chi connectivity index (χ4v) is 5.41. The van der Waals surface area contributed by atoms with Crippen LogP contribution in [-0.2, 0) is 0 Å². The molecular formula is C28H39N7O4+2. The molecule has 4 aliphatic rings. The Kier molecular flexibility index (Phi) is 6.34. The zero-order valence-corrected chi connectivity index (χ0v) is 23.8. The van der Waals surface area contributed by atoms with Gasteiger partial charge in [-0.05, 0) is 19.9 Å². The Balaban J connectivity index is 1.70. The van der Waals surface area contributed by atoms with Crippen molar-refractivity contribution in [2.75, 3.05) is 92.0 Å². The lowest BCUT2D eigenvalue weighted by molar-refractivity contribution is -0.894. The molecule has 5 rings (SSSR count). The summed E-state index contributed by atoms with van der Waals surface area (Å²) in [6, 6.07) is 1.63. The Morgan fingerprint density at radius 3 is 1.92 bits per heavy atom. The smallest absolute Gasteiger partial charge is 0.258 e. The van der Waals surface area contributed by atoms with Crippen molar-refractivity contribution >= 4 is 34.3 Å². The Hall–Kier alpha value is -3.70. The van der Waals surface area contributed by atoms with Gasteiger partial charge < -0.3 is 34.7 Å². The van der Waals surface area contributed by atoms with E-state index >= 15 is 0 Å². The summed E-state index contributed by atoms with van der Waals surface area (Å²) in [7, 11) is 8.53. The third kappa shape index (κ3) is 4.59. The van der Waals surface area contributed by atoms with Crippen LogP contribution in [0.2, 0.25) is 0 Å². The number of aromatic nitrogens is 1. The maximum Gasteiger partial charge on any atom is 0.258 e. The number of fused-ring (bicyclic) bond motifs is 2. The summed E-state index contributed by atoms with van der Waals surface area (Å²) in [6.45, 7) is 8.88. The molecule has 1 aliphatic carbocycles. The van der Waals surface area contributed by atoms with Crippen LogP contribution in [0.4, 0.5) is 11.4 Å². The van der Waals surface area contributed by atoms with Crippen LogP contribution in [0.25, 0.3) is 22.6 Å².